The molecule has 0 spiro atoms. The quantitative estimate of drug-likeness (QED) is 0.853. The number of anilines is 2. The van der Waals surface area contributed by atoms with Gasteiger partial charge in [0.05, 0.1) is 23.1 Å². The molecule has 2 heterocycles. The van der Waals surface area contributed by atoms with Gasteiger partial charge in [-0.3, -0.25) is 9.78 Å². The molecule has 3 rings (SSSR count). The Balaban J connectivity index is 1.79. The summed E-state index contributed by atoms with van der Waals surface area (Å²) in [6, 6.07) is 3.41. The van der Waals surface area contributed by atoms with Crippen LogP contribution in [0.2, 0.25) is 0 Å². The molecule has 0 radical (unpaired) electrons. The summed E-state index contributed by atoms with van der Waals surface area (Å²) in [5.74, 6) is -4.43. The average molecular weight is 349 g/mol. The van der Waals surface area contributed by atoms with E-state index in [-0.39, 0.29) is 5.56 Å². The lowest BCUT2D eigenvalue weighted by molar-refractivity contribution is 0.102. The number of benzene rings is 1. The molecule has 2 aromatic rings. The summed E-state index contributed by atoms with van der Waals surface area (Å²) in [7, 11) is 0. The van der Waals surface area contributed by atoms with Crippen molar-refractivity contribution >= 4 is 17.3 Å². The lowest BCUT2D eigenvalue weighted by atomic mass is 10.00. The van der Waals surface area contributed by atoms with E-state index in [1.807, 2.05) is 0 Å². The first-order chi connectivity index (χ1) is 12.0. The molecule has 1 aliphatic rings. The second-order valence-electron chi connectivity index (χ2n) is 6.30. The van der Waals surface area contributed by atoms with Gasteiger partial charge >= 0.3 is 0 Å². The van der Waals surface area contributed by atoms with Gasteiger partial charge in [0.15, 0.2) is 17.5 Å². The zero-order chi connectivity index (χ0) is 18.0. The minimum Gasteiger partial charge on any atom is -0.370 e. The van der Waals surface area contributed by atoms with Crippen LogP contribution in [0, 0.1) is 23.4 Å². The Labute approximate surface area is 143 Å². The van der Waals surface area contributed by atoms with Gasteiger partial charge in [-0.15, -0.1) is 0 Å². The Kier molecular flexibility index (Phi) is 4.92. The maximum atomic E-state index is 13.7. The number of hydrogen-bond acceptors (Lipinski definition) is 3. The van der Waals surface area contributed by atoms with Gasteiger partial charge in [-0.25, -0.2) is 13.2 Å². The molecule has 0 aliphatic carbocycles. The molecular formula is C18H18F3N3O. The Morgan fingerprint density at radius 1 is 1.24 bits per heavy atom. The molecule has 25 heavy (non-hydrogen) atoms. The zero-order valence-electron chi connectivity index (χ0n) is 13.7. The highest BCUT2D eigenvalue weighted by Crippen LogP contribution is 2.24. The third kappa shape index (κ3) is 3.75. The van der Waals surface area contributed by atoms with Gasteiger partial charge in [0.1, 0.15) is 0 Å². The van der Waals surface area contributed by atoms with Crippen LogP contribution in [-0.4, -0.2) is 24.0 Å². The summed E-state index contributed by atoms with van der Waals surface area (Å²) in [5, 5.41) is 2.25. The summed E-state index contributed by atoms with van der Waals surface area (Å²) < 4.78 is 39.9. The number of pyridine rings is 1. The van der Waals surface area contributed by atoms with Crippen LogP contribution in [-0.2, 0) is 0 Å². The van der Waals surface area contributed by atoms with Crippen molar-refractivity contribution in [3.63, 3.8) is 0 Å². The molecule has 1 aromatic heterocycles. The molecule has 1 aliphatic heterocycles. The van der Waals surface area contributed by atoms with Crippen molar-refractivity contribution in [1.29, 1.82) is 0 Å². The van der Waals surface area contributed by atoms with Gasteiger partial charge in [-0.2, -0.15) is 0 Å². The highest BCUT2D eigenvalue weighted by atomic mass is 19.2. The average Bonchev–Trinajstić information content (AvgIpc) is 2.62. The largest absolute Gasteiger partial charge is 0.370 e. The molecule has 1 atom stereocenters. The van der Waals surface area contributed by atoms with Crippen molar-refractivity contribution in [1.82, 2.24) is 4.98 Å². The summed E-state index contributed by atoms with van der Waals surface area (Å²) >= 11 is 0. The Bertz CT molecular complexity index is 797. The Morgan fingerprint density at radius 3 is 2.80 bits per heavy atom. The minimum absolute atomic E-state index is 0.222. The number of halogens is 3. The van der Waals surface area contributed by atoms with E-state index in [1.54, 1.807) is 12.3 Å². The van der Waals surface area contributed by atoms with Crippen LogP contribution >= 0.6 is 0 Å². The second kappa shape index (κ2) is 7.13. The molecule has 1 saturated heterocycles. The van der Waals surface area contributed by atoms with E-state index >= 15 is 0 Å². The van der Waals surface area contributed by atoms with Crippen LogP contribution in [0.5, 0.6) is 0 Å². The number of nitrogens with one attached hydrogen (secondary N) is 1. The van der Waals surface area contributed by atoms with Gasteiger partial charge in [0.25, 0.3) is 5.91 Å². The summed E-state index contributed by atoms with van der Waals surface area (Å²) in [5.41, 5.74) is 0.616. The number of carbonyl (C=O) groups is 1. The number of aromatic nitrogens is 1. The molecule has 1 fully saturated rings. The summed E-state index contributed by atoms with van der Waals surface area (Å²) in [4.78, 5) is 18.5. The lowest BCUT2D eigenvalue weighted by Crippen LogP contribution is -2.34. The molecule has 1 unspecified atom stereocenters. The molecule has 1 amide bonds. The second-order valence-corrected chi connectivity index (χ2v) is 6.30. The van der Waals surface area contributed by atoms with Crippen LogP contribution in [0.1, 0.15) is 30.1 Å². The van der Waals surface area contributed by atoms with Crippen LogP contribution in [0.3, 0.4) is 0 Å². The number of piperidine rings is 1. The van der Waals surface area contributed by atoms with E-state index in [2.05, 4.69) is 22.1 Å². The van der Waals surface area contributed by atoms with Gasteiger partial charge in [-0.05, 0) is 37.0 Å². The van der Waals surface area contributed by atoms with E-state index in [4.69, 9.17) is 0 Å². The van der Waals surface area contributed by atoms with Gasteiger partial charge < -0.3 is 10.2 Å². The van der Waals surface area contributed by atoms with Crippen LogP contribution < -0.4 is 10.2 Å². The fourth-order valence-corrected chi connectivity index (χ4v) is 2.97. The van der Waals surface area contributed by atoms with Gasteiger partial charge in [-0.1, -0.05) is 6.92 Å². The third-order valence-electron chi connectivity index (χ3n) is 4.29. The van der Waals surface area contributed by atoms with Crippen molar-refractivity contribution in [2.75, 3.05) is 23.3 Å². The van der Waals surface area contributed by atoms with E-state index in [0.29, 0.717) is 5.92 Å². The van der Waals surface area contributed by atoms with Crippen molar-refractivity contribution in [2.24, 2.45) is 5.92 Å². The summed E-state index contributed by atoms with van der Waals surface area (Å²) in [6.07, 6.45) is 5.26. The molecule has 7 heteroatoms. The number of rotatable bonds is 3. The molecule has 1 aromatic carbocycles. The smallest absolute Gasteiger partial charge is 0.257 e. The van der Waals surface area contributed by atoms with Crippen molar-refractivity contribution in [2.45, 2.75) is 19.8 Å². The van der Waals surface area contributed by atoms with Crippen molar-refractivity contribution in [3.05, 3.63) is 53.6 Å². The van der Waals surface area contributed by atoms with E-state index < -0.39 is 29.0 Å². The topological polar surface area (TPSA) is 45.2 Å². The predicted molar refractivity (Wildman–Crippen MR) is 89.1 cm³/mol. The lowest BCUT2D eigenvalue weighted by Gasteiger charge is -2.32. The van der Waals surface area contributed by atoms with Crippen molar-refractivity contribution < 1.29 is 18.0 Å². The molecule has 1 N–H and O–H groups in total. The van der Waals surface area contributed by atoms with E-state index in [9.17, 15) is 18.0 Å². The molecular weight excluding hydrogens is 331 g/mol. The maximum Gasteiger partial charge on any atom is 0.257 e. The van der Waals surface area contributed by atoms with Crippen LogP contribution in [0.15, 0.2) is 30.6 Å². The standard InChI is InChI=1S/C18H18F3N3O/c1-11-3-2-6-24(10-11)13-7-12(8-22-9-13)18(25)23-15-5-4-14(19)16(20)17(15)21/h4-5,7-9,11H,2-3,6,10H2,1H3,(H,23,25). The number of hydrogen-bond donors (Lipinski definition) is 1. The van der Waals surface area contributed by atoms with Crippen LogP contribution in [0.25, 0.3) is 0 Å². The fourth-order valence-electron chi connectivity index (χ4n) is 2.97. The zero-order valence-corrected chi connectivity index (χ0v) is 13.7. The normalized spacial score (nSPS) is 17.4. The number of amides is 1. The SMILES string of the molecule is CC1CCCN(c2cncc(C(=O)Nc3ccc(F)c(F)c3F)c2)C1. The van der Waals surface area contributed by atoms with E-state index in [0.717, 1.165) is 37.3 Å². The Hall–Kier alpha value is -2.57. The highest BCUT2D eigenvalue weighted by Gasteiger charge is 2.19. The van der Waals surface area contributed by atoms with Crippen molar-refractivity contribution in [3.8, 4) is 0 Å². The van der Waals surface area contributed by atoms with Gasteiger partial charge in [0, 0.05) is 19.3 Å². The maximum absolute atomic E-state index is 13.7. The molecule has 4 nitrogen and oxygen atoms in total. The first-order valence-corrected chi connectivity index (χ1v) is 8.10. The molecule has 0 saturated carbocycles. The molecule has 132 valence electrons. The third-order valence-corrected chi connectivity index (χ3v) is 4.29. The first-order valence-electron chi connectivity index (χ1n) is 8.10. The number of nitrogens with zero attached hydrogens (tertiary/aromatic N) is 2. The Morgan fingerprint density at radius 2 is 2.04 bits per heavy atom. The first kappa shape index (κ1) is 17.3. The summed E-state index contributed by atoms with van der Waals surface area (Å²) in [6.45, 7) is 3.93. The van der Waals surface area contributed by atoms with E-state index in [1.165, 1.54) is 12.6 Å². The predicted octanol–water partition coefficient (Wildman–Crippen LogP) is 3.99. The highest BCUT2D eigenvalue weighted by molar-refractivity contribution is 6.04. The van der Waals surface area contributed by atoms with Crippen LogP contribution in [0.4, 0.5) is 24.5 Å². The number of carbonyl (C=O) groups excluding carboxylic acids is 1. The molecule has 0 bridgehead atoms. The monoisotopic (exact) mass is 349 g/mol. The fraction of sp³-hybridized carbons (Fsp3) is 0.333. The minimum atomic E-state index is -1.62. The van der Waals surface area contributed by atoms with Gasteiger partial charge in [0.2, 0.25) is 0 Å².